The number of fused-ring (bicyclic) bond motifs is 1. The minimum Gasteiger partial charge on any atom is -0.372 e. The molecule has 3 rings (SSSR count). The van der Waals surface area contributed by atoms with Crippen molar-refractivity contribution in [3.63, 3.8) is 0 Å². The predicted octanol–water partition coefficient (Wildman–Crippen LogP) is 3.04. The van der Waals surface area contributed by atoms with Crippen LogP contribution in [0.2, 0.25) is 0 Å². The molecule has 0 bridgehead atoms. The third kappa shape index (κ3) is 2.25. The molecular formula is C15H14N4. The lowest BCUT2D eigenvalue weighted by Gasteiger charge is -2.05. The second kappa shape index (κ2) is 4.65. The molecule has 2 aromatic heterocycles. The van der Waals surface area contributed by atoms with Crippen LogP contribution < -0.4 is 5.32 Å². The first-order chi connectivity index (χ1) is 9.26. The van der Waals surface area contributed by atoms with Crippen LogP contribution in [0.1, 0.15) is 5.69 Å². The van der Waals surface area contributed by atoms with Gasteiger partial charge < -0.3 is 5.32 Å². The third-order valence-corrected chi connectivity index (χ3v) is 3.01. The van der Waals surface area contributed by atoms with Gasteiger partial charge >= 0.3 is 0 Å². The molecule has 4 heteroatoms. The zero-order chi connectivity index (χ0) is 13.2. The summed E-state index contributed by atoms with van der Waals surface area (Å²) >= 11 is 0. The third-order valence-electron chi connectivity index (χ3n) is 3.01. The maximum atomic E-state index is 4.50. The van der Waals surface area contributed by atoms with Crippen molar-refractivity contribution in [3.8, 4) is 11.3 Å². The first-order valence-electron chi connectivity index (χ1n) is 6.14. The average Bonchev–Trinajstić information content (AvgIpc) is 2.46. The van der Waals surface area contributed by atoms with Crippen molar-refractivity contribution < 1.29 is 0 Å². The number of pyridine rings is 1. The van der Waals surface area contributed by atoms with Gasteiger partial charge in [0.15, 0.2) is 0 Å². The van der Waals surface area contributed by atoms with Gasteiger partial charge in [0.1, 0.15) is 5.82 Å². The molecule has 0 atom stereocenters. The normalized spacial score (nSPS) is 10.6. The fourth-order valence-corrected chi connectivity index (χ4v) is 2.01. The van der Waals surface area contributed by atoms with Crippen LogP contribution in [0.3, 0.4) is 0 Å². The highest BCUT2D eigenvalue weighted by Crippen LogP contribution is 2.22. The van der Waals surface area contributed by atoms with Gasteiger partial charge in [0, 0.05) is 23.7 Å². The number of benzene rings is 1. The van der Waals surface area contributed by atoms with Crippen LogP contribution in [-0.2, 0) is 0 Å². The molecule has 0 amide bonds. The largest absolute Gasteiger partial charge is 0.372 e. The minimum atomic E-state index is 0.764. The Hall–Kier alpha value is -2.49. The number of hydrogen-bond acceptors (Lipinski definition) is 4. The van der Waals surface area contributed by atoms with Crippen LogP contribution in [0.5, 0.6) is 0 Å². The number of hydrogen-bond donors (Lipinski definition) is 1. The van der Waals surface area contributed by atoms with E-state index in [2.05, 4.69) is 32.4 Å². The molecule has 0 saturated heterocycles. The standard InChI is InChI=1S/C15H14N4/c1-10-3-4-11-7-12(5-6-13(11)18-10)14-8-17-9-15(16-2)19-14/h3-9H,1-2H3,(H,16,19). The van der Waals surface area contributed by atoms with Gasteiger partial charge in [0.25, 0.3) is 0 Å². The van der Waals surface area contributed by atoms with Gasteiger partial charge in [-0.3, -0.25) is 9.97 Å². The number of aryl methyl sites for hydroxylation is 1. The Balaban J connectivity index is 2.12. The Morgan fingerprint density at radius 1 is 1.00 bits per heavy atom. The molecule has 0 aliphatic carbocycles. The first-order valence-corrected chi connectivity index (χ1v) is 6.14. The number of aromatic nitrogens is 3. The van der Waals surface area contributed by atoms with E-state index >= 15 is 0 Å². The summed E-state index contributed by atoms with van der Waals surface area (Å²) in [6.45, 7) is 2.00. The van der Waals surface area contributed by atoms with Crippen LogP contribution >= 0.6 is 0 Å². The molecule has 0 unspecified atom stereocenters. The summed E-state index contributed by atoms with van der Waals surface area (Å²) in [4.78, 5) is 13.2. The maximum Gasteiger partial charge on any atom is 0.144 e. The van der Waals surface area contributed by atoms with E-state index in [1.165, 1.54) is 0 Å². The van der Waals surface area contributed by atoms with E-state index in [4.69, 9.17) is 0 Å². The van der Waals surface area contributed by atoms with Crippen LogP contribution in [0.4, 0.5) is 5.82 Å². The summed E-state index contributed by atoms with van der Waals surface area (Å²) in [6.07, 6.45) is 3.47. The summed E-state index contributed by atoms with van der Waals surface area (Å²) < 4.78 is 0. The highest BCUT2D eigenvalue weighted by molar-refractivity contribution is 5.83. The number of anilines is 1. The summed E-state index contributed by atoms with van der Waals surface area (Å²) in [5.41, 5.74) is 3.93. The topological polar surface area (TPSA) is 50.7 Å². The molecule has 0 spiro atoms. The average molecular weight is 250 g/mol. The highest BCUT2D eigenvalue weighted by atomic mass is 15.0. The summed E-state index contributed by atoms with van der Waals surface area (Å²) in [5.74, 6) is 0.764. The van der Waals surface area contributed by atoms with E-state index in [1.807, 2.05) is 32.2 Å². The van der Waals surface area contributed by atoms with Gasteiger partial charge in [-0.05, 0) is 25.1 Å². The predicted molar refractivity (Wildman–Crippen MR) is 77.1 cm³/mol. The summed E-state index contributed by atoms with van der Waals surface area (Å²) in [5, 5.41) is 4.11. The van der Waals surface area contributed by atoms with E-state index in [-0.39, 0.29) is 0 Å². The molecule has 94 valence electrons. The lowest BCUT2D eigenvalue weighted by molar-refractivity contribution is 1.19. The maximum absolute atomic E-state index is 4.50. The van der Waals surface area contributed by atoms with Crippen molar-refractivity contribution in [1.82, 2.24) is 15.0 Å². The van der Waals surface area contributed by atoms with Crippen molar-refractivity contribution in [2.45, 2.75) is 6.92 Å². The van der Waals surface area contributed by atoms with Gasteiger partial charge in [0.2, 0.25) is 0 Å². The molecule has 19 heavy (non-hydrogen) atoms. The quantitative estimate of drug-likeness (QED) is 0.759. The number of nitrogens with zero attached hydrogens (tertiary/aromatic N) is 3. The number of nitrogens with one attached hydrogen (secondary N) is 1. The molecule has 0 saturated carbocycles. The zero-order valence-electron chi connectivity index (χ0n) is 10.9. The lowest BCUT2D eigenvalue weighted by atomic mass is 10.1. The molecule has 0 aliphatic rings. The Kier molecular flexibility index (Phi) is 2.83. The molecule has 3 aromatic rings. The van der Waals surface area contributed by atoms with Crippen LogP contribution in [0.25, 0.3) is 22.2 Å². The molecule has 0 aliphatic heterocycles. The second-order valence-corrected chi connectivity index (χ2v) is 4.40. The van der Waals surface area contributed by atoms with Crippen molar-refractivity contribution in [3.05, 3.63) is 48.4 Å². The molecule has 2 heterocycles. The zero-order valence-corrected chi connectivity index (χ0v) is 10.9. The summed E-state index contributed by atoms with van der Waals surface area (Å²) in [6, 6.07) is 10.2. The minimum absolute atomic E-state index is 0.764. The fourth-order valence-electron chi connectivity index (χ4n) is 2.01. The Bertz CT molecular complexity index is 737. The Labute approximate surface area is 111 Å². The molecule has 1 N–H and O–H groups in total. The summed E-state index contributed by atoms with van der Waals surface area (Å²) in [7, 11) is 1.83. The molecular weight excluding hydrogens is 236 g/mol. The van der Waals surface area contributed by atoms with Gasteiger partial charge in [0.05, 0.1) is 23.6 Å². The monoisotopic (exact) mass is 250 g/mol. The van der Waals surface area contributed by atoms with E-state index < -0.39 is 0 Å². The van der Waals surface area contributed by atoms with E-state index in [0.29, 0.717) is 0 Å². The van der Waals surface area contributed by atoms with Crippen LogP contribution in [0.15, 0.2) is 42.7 Å². The van der Waals surface area contributed by atoms with Gasteiger partial charge in [-0.2, -0.15) is 0 Å². The molecule has 0 fully saturated rings. The van der Waals surface area contributed by atoms with Gasteiger partial charge in [-0.1, -0.05) is 12.1 Å². The van der Waals surface area contributed by atoms with Crippen molar-refractivity contribution in [2.75, 3.05) is 12.4 Å². The van der Waals surface area contributed by atoms with Crippen molar-refractivity contribution >= 4 is 16.7 Å². The molecule has 4 nitrogen and oxygen atoms in total. The number of rotatable bonds is 2. The SMILES string of the molecule is CNc1cncc(-c2ccc3nc(C)ccc3c2)n1. The van der Waals surface area contributed by atoms with Gasteiger partial charge in [-0.25, -0.2) is 4.98 Å². The van der Waals surface area contributed by atoms with Crippen molar-refractivity contribution in [2.24, 2.45) is 0 Å². The molecule has 0 radical (unpaired) electrons. The van der Waals surface area contributed by atoms with E-state index in [9.17, 15) is 0 Å². The second-order valence-electron chi connectivity index (χ2n) is 4.40. The first kappa shape index (κ1) is 11.6. The Morgan fingerprint density at radius 2 is 1.89 bits per heavy atom. The lowest BCUT2D eigenvalue weighted by Crippen LogP contribution is -1.95. The smallest absolute Gasteiger partial charge is 0.144 e. The van der Waals surface area contributed by atoms with Crippen molar-refractivity contribution in [1.29, 1.82) is 0 Å². The fraction of sp³-hybridized carbons (Fsp3) is 0.133. The van der Waals surface area contributed by atoms with Crippen LogP contribution in [0, 0.1) is 6.92 Å². The Morgan fingerprint density at radius 3 is 2.74 bits per heavy atom. The van der Waals surface area contributed by atoms with E-state index in [0.717, 1.165) is 33.7 Å². The molecule has 1 aromatic carbocycles. The van der Waals surface area contributed by atoms with Crippen LogP contribution in [-0.4, -0.2) is 22.0 Å². The van der Waals surface area contributed by atoms with Gasteiger partial charge in [-0.15, -0.1) is 0 Å². The van der Waals surface area contributed by atoms with E-state index in [1.54, 1.807) is 12.4 Å². The highest BCUT2D eigenvalue weighted by Gasteiger charge is 2.03.